The van der Waals surface area contributed by atoms with Gasteiger partial charge in [0.25, 0.3) is 11.8 Å². The summed E-state index contributed by atoms with van der Waals surface area (Å²) >= 11 is 0.949. The minimum Gasteiger partial charge on any atom is -0.462 e. The largest absolute Gasteiger partial charge is 0.462 e. The summed E-state index contributed by atoms with van der Waals surface area (Å²) in [6, 6.07) is 18.8. The fraction of sp³-hybridized carbons (Fsp3) is 0.154. The first kappa shape index (κ1) is 23.9. The lowest BCUT2D eigenvalue weighted by atomic mass is 10.1. The summed E-state index contributed by atoms with van der Waals surface area (Å²) in [6.07, 6.45) is 2.27. The SMILES string of the molecule is CCCOC(=O)c1c(NC(=O)c2cn(-c3ccccc3)nc2-c2ccccc2)sc(C(N)=O)c1C. The number of hydrogen-bond donors (Lipinski definition) is 2. The highest BCUT2D eigenvalue weighted by atomic mass is 32.1. The number of primary amides is 1. The van der Waals surface area contributed by atoms with Crippen molar-refractivity contribution in [3.8, 4) is 16.9 Å². The van der Waals surface area contributed by atoms with Gasteiger partial charge in [-0.2, -0.15) is 5.10 Å². The van der Waals surface area contributed by atoms with Gasteiger partial charge in [-0.25, -0.2) is 9.48 Å². The van der Waals surface area contributed by atoms with Crippen LogP contribution in [-0.4, -0.2) is 34.2 Å². The van der Waals surface area contributed by atoms with E-state index in [2.05, 4.69) is 10.4 Å². The fourth-order valence-corrected chi connectivity index (χ4v) is 4.62. The Hall–Kier alpha value is -4.24. The number of nitrogens with zero attached hydrogens (tertiary/aromatic N) is 2. The van der Waals surface area contributed by atoms with Crippen molar-refractivity contribution in [3.05, 3.63) is 88.4 Å². The fourth-order valence-electron chi connectivity index (χ4n) is 3.58. The van der Waals surface area contributed by atoms with Crippen LogP contribution in [0.1, 0.15) is 49.3 Å². The van der Waals surface area contributed by atoms with Crippen LogP contribution in [0.5, 0.6) is 0 Å². The first-order chi connectivity index (χ1) is 16.9. The standard InChI is InChI=1S/C26H24N4O4S/c1-3-14-34-26(33)20-16(2)22(23(27)31)35-25(20)28-24(32)19-15-30(18-12-8-5-9-13-18)29-21(19)17-10-6-4-7-11-17/h4-13,15H,3,14H2,1-2H3,(H2,27,31)(H,28,32). The molecular formula is C26H24N4O4S. The number of carbonyl (C=O) groups is 3. The summed E-state index contributed by atoms with van der Waals surface area (Å²) in [6.45, 7) is 3.70. The number of ether oxygens (including phenoxy) is 1. The molecule has 2 amide bonds. The molecule has 4 aromatic rings. The van der Waals surface area contributed by atoms with Crippen molar-refractivity contribution >= 4 is 34.1 Å². The number of amides is 2. The Kier molecular flexibility index (Phi) is 7.07. The Bertz CT molecular complexity index is 1380. The number of hydrogen-bond acceptors (Lipinski definition) is 6. The van der Waals surface area contributed by atoms with Gasteiger partial charge in [0, 0.05) is 11.8 Å². The predicted octanol–water partition coefficient (Wildman–Crippen LogP) is 4.83. The molecule has 0 saturated heterocycles. The topological polar surface area (TPSA) is 116 Å². The highest BCUT2D eigenvalue weighted by molar-refractivity contribution is 7.18. The number of esters is 1. The molecule has 8 nitrogen and oxygen atoms in total. The number of nitrogens with two attached hydrogens (primary N) is 1. The number of anilines is 1. The molecule has 0 atom stereocenters. The number of thiophene rings is 1. The van der Waals surface area contributed by atoms with E-state index in [1.165, 1.54) is 0 Å². The van der Waals surface area contributed by atoms with Crippen molar-refractivity contribution < 1.29 is 19.1 Å². The number of aromatic nitrogens is 2. The van der Waals surface area contributed by atoms with Crippen molar-refractivity contribution in [2.75, 3.05) is 11.9 Å². The van der Waals surface area contributed by atoms with E-state index in [-0.39, 0.29) is 22.0 Å². The molecule has 0 bridgehead atoms. The van der Waals surface area contributed by atoms with Crippen LogP contribution in [0.4, 0.5) is 5.00 Å². The van der Waals surface area contributed by atoms with Crippen LogP contribution >= 0.6 is 11.3 Å². The van der Waals surface area contributed by atoms with Gasteiger partial charge in [-0.15, -0.1) is 11.3 Å². The van der Waals surface area contributed by atoms with Crippen LogP contribution in [0.25, 0.3) is 16.9 Å². The molecule has 2 aromatic carbocycles. The Morgan fingerprint density at radius 3 is 2.34 bits per heavy atom. The van der Waals surface area contributed by atoms with Crippen LogP contribution in [-0.2, 0) is 4.74 Å². The lowest BCUT2D eigenvalue weighted by Crippen LogP contribution is -2.15. The van der Waals surface area contributed by atoms with Crippen molar-refractivity contribution in [2.24, 2.45) is 5.73 Å². The van der Waals surface area contributed by atoms with Gasteiger partial charge in [-0.1, -0.05) is 55.5 Å². The van der Waals surface area contributed by atoms with Crippen LogP contribution < -0.4 is 11.1 Å². The summed E-state index contributed by atoms with van der Waals surface area (Å²) in [5.74, 6) is -1.78. The third-order valence-corrected chi connectivity index (χ3v) is 6.49. The van der Waals surface area contributed by atoms with Gasteiger partial charge in [0.05, 0.1) is 28.3 Å². The maximum atomic E-state index is 13.5. The summed E-state index contributed by atoms with van der Waals surface area (Å²) < 4.78 is 6.91. The van der Waals surface area contributed by atoms with E-state index in [0.717, 1.165) is 22.6 Å². The summed E-state index contributed by atoms with van der Waals surface area (Å²) in [5, 5.41) is 7.65. The highest BCUT2D eigenvalue weighted by Gasteiger charge is 2.27. The Morgan fingerprint density at radius 1 is 1.06 bits per heavy atom. The molecule has 35 heavy (non-hydrogen) atoms. The van der Waals surface area contributed by atoms with Crippen molar-refractivity contribution in [1.82, 2.24) is 9.78 Å². The molecule has 0 aliphatic heterocycles. The van der Waals surface area contributed by atoms with Crippen LogP contribution in [0, 0.1) is 6.92 Å². The first-order valence-electron chi connectivity index (χ1n) is 11.0. The summed E-state index contributed by atoms with van der Waals surface area (Å²) in [4.78, 5) is 38.4. The van der Waals surface area contributed by atoms with E-state index in [1.54, 1.807) is 17.8 Å². The number of carbonyl (C=O) groups excluding carboxylic acids is 3. The molecule has 9 heteroatoms. The molecule has 0 spiro atoms. The van der Waals surface area contributed by atoms with E-state index in [4.69, 9.17) is 10.5 Å². The molecule has 3 N–H and O–H groups in total. The van der Waals surface area contributed by atoms with E-state index in [9.17, 15) is 14.4 Å². The second kappa shape index (κ2) is 10.4. The van der Waals surface area contributed by atoms with Gasteiger partial charge in [-0.05, 0) is 31.0 Å². The molecule has 4 rings (SSSR count). The average Bonchev–Trinajstić information content (AvgIpc) is 3.45. The Labute approximate surface area is 206 Å². The third kappa shape index (κ3) is 4.99. The maximum Gasteiger partial charge on any atom is 0.341 e. The van der Waals surface area contributed by atoms with Gasteiger partial charge in [0.1, 0.15) is 10.7 Å². The molecule has 0 aliphatic rings. The molecule has 0 radical (unpaired) electrons. The van der Waals surface area contributed by atoms with Crippen LogP contribution in [0.15, 0.2) is 66.9 Å². The zero-order chi connectivity index (χ0) is 24.9. The van der Waals surface area contributed by atoms with Crippen molar-refractivity contribution in [2.45, 2.75) is 20.3 Å². The van der Waals surface area contributed by atoms with Crippen molar-refractivity contribution in [3.63, 3.8) is 0 Å². The lowest BCUT2D eigenvalue weighted by Gasteiger charge is -2.08. The molecule has 2 aromatic heterocycles. The maximum absolute atomic E-state index is 13.5. The van der Waals surface area contributed by atoms with Gasteiger partial charge >= 0.3 is 5.97 Å². The average molecular weight is 489 g/mol. The van der Waals surface area contributed by atoms with Crippen LogP contribution in [0.2, 0.25) is 0 Å². The number of rotatable bonds is 8. The number of para-hydroxylation sites is 1. The quantitative estimate of drug-likeness (QED) is 0.345. The smallest absolute Gasteiger partial charge is 0.341 e. The molecule has 178 valence electrons. The zero-order valence-corrected chi connectivity index (χ0v) is 20.1. The summed E-state index contributed by atoms with van der Waals surface area (Å²) in [7, 11) is 0. The third-order valence-electron chi connectivity index (χ3n) is 5.27. The second-order valence-corrected chi connectivity index (χ2v) is 8.77. The summed E-state index contributed by atoms with van der Waals surface area (Å²) in [5.41, 5.74) is 8.33. The van der Waals surface area contributed by atoms with Gasteiger partial charge < -0.3 is 15.8 Å². The van der Waals surface area contributed by atoms with Gasteiger partial charge in [0.2, 0.25) is 0 Å². The molecule has 2 heterocycles. The normalized spacial score (nSPS) is 10.7. The monoisotopic (exact) mass is 488 g/mol. The van der Waals surface area contributed by atoms with E-state index >= 15 is 0 Å². The van der Waals surface area contributed by atoms with Crippen LogP contribution in [0.3, 0.4) is 0 Å². The number of nitrogens with one attached hydrogen (secondary N) is 1. The molecule has 0 unspecified atom stereocenters. The predicted molar refractivity (Wildman–Crippen MR) is 135 cm³/mol. The van der Waals surface area contributed by atoms with E-state index in [0.29, 0.717) is 23.2 Å². The van der Waals surface area contributed by atoms with Crippen molar-refractivity contribution in [1.29, 1.82) is 0 Å². The zero-order valence-electron chi connectivity index (χ0n) is 19.3. The highest BCUT2D eigenvalue weighted by Crippen LogP contribution is 2.34. The molecule has 0 saturated carbocycles. The lowest BCUT2D eigenvalue weighted by molar-refractivity contribution is 0.0506. The van der Waals surface area contributed by atoms with E-state index < -0.39 is 17.8 Å². The van der Waals surface area contributed by atoms with Gasteiger partial charge in [-0.3, -0.25) is 9.59 Å². The molecule has 0 aliphatic carbocycles. The minimum atomic E-state index is -0.681. The first-order valence-corrected chi connectivity index (χ1v) is 11.8. The van der Waals surface area contributed by atoms with Gasteiger partial charge in [0.15, 0.2) is 0 Å². The van der Waals surface area contributed by atoms with E-state index in [1.807, 2.05) is 67.6 Å². The Morgan fingerprint density at radius 2 is 1.71 bits per heavy atom. The minimum absolute atomic E-state index is 0.127. The molecular weight excluding hydrogens is 464 g/mol. The number of benzene rings is 2. The Balaban J connectivity index is 1.76. The second-order valence-electron chi connectivity index (χ2n) is 7.75. The molecule has 0 fully saturated rings.